The zero-order valence-corrected chi connectivity index (χ0v) is 13.6. The average Bonchev–Trinajstić information content (AvgIpc) is 2.44. The SMILES string of the molecule is Cc1ccc(CC(=O)NC2(C(=O)O)CCCCC2C)c(C)c1. The van der Waals surface area contributed by atoms with Crippen LogP contribution in [0.1, 0.15) is 49.3 Å². The normalized spacial score (nSPS) is 24.8. The minimum atomic E-state index is -1.10. The predicted octanol–water partition coefficient (Wildman–Crippen LogP) is 3.00. The highest BCUT2D eigenvalue weighted by molar-refractivity contribution is 5.88. The van der Waals surface area contributed by atoms with Gasteiger partial charge in [-0.15, -0.1) is 0 Å². The first kappa shape index (κ1) is 16.5. The molecule has 0 heterocycles. The van der Waals surface area contributed by atoms with Crippen LogP contribution in [0.25, 0.3) is 0 Å². The average molecular weight is 303 g/mol. The van der Waals surface area contributed by atoms with Gasteiger partial charge in [-0.25, -0.2) is 4.79 Å². The highest BCUT2D eigenvalue weighted by Gasteiger charge is 2.46. The van der Waals surface area contributed by atoms with Gasteiger partial charge in [-0.1, -0.05) is 43.5 Å². The lowest BCUT2D eigenvalue weighted by Gasteiger charge is -2.39. The molecular formula is C18H25NO3. The number of carbonyl (C=O) groups excluding carboxylic acids is 1. The Morgan fingerprint density at radius 2 is 2.05 bits per heavy atom. The number of hydrogen-bond acceptors (Lipinski definition) is 2. The van der Waals surface area contributed by atoms with Gasteiger partial charge in [0.25, 0.3) is 0 Å². The van der Waals surface area contributed by atoms with E-state index >= 15 is 0 Å². The quantitative estimate of drug-likeness (QED) is 0.898. The predicted molar refractivity (Wildman–Crippen MR) is 85.8 cm³/mol. The topological polar surface area (TPSA) is 66.4 Å². The molecule has 1 aromatic rings. The van der Waals surface area contributed by atoms with Crippen molar-refractivity contribution in [3.05, 3.63) is 34.9 Å². The molecule has 22 heavy (non-hydrogen) atoms. The number of carboxylic acid groups (broad SMARTS) is 1. The van der Waals surface area contributed by atoms with Crippen LogP contribution in [0.5, 0.6) is 0 Å². The molecule has 0 bridgehead atoms. The zero-order valence-electron chi connectivity index (χ0n) is 13.6. The Labute approximate surface area is 131 Å². The van der Waals surface area contributed by atoms with Crippen molar-refractivity contribution in [3.8, 4) is 0 Å². The Balaban J connectivity index is 2.13. The fourth-order valence-corrected chi connectivity index (χ4v) is 3.41. The van der Waals surface area contributed by atoms with Crippen LogP contribution in [0.15, 0.2) is 18.2 Å². The van der Waals surface area contributed by atoms with E-state index in [1.165, 1.54) is 0 Å². The third kappa shape index (κ3) is 3.32. The van der Waals surface area contributed by atoms with E-state index in [0.717, 1.165) is 36.0 Å². The van der Waals surface area contributed by atoms with E-state index in [4.69, 9.17) is 0 Å². The summed E-state index contributed by atoms with van der Waals surface area (Å²) in [7, 11) is 0. The summed E-state index contributed by atoms with van der Waals surface area (Å²) >= 11 is 0. The van der Waals surface area contributed by atoms with E-state index in [1.54, 1.807) is 0 Å². The van der Waals surface area contributed by atoms with Crippen molar-refractivity contribution in [1.82, 2.24) is 5.32 Å². The Hall–Kier alpha value is -1.84. The second kappa shape index (κ2) is 6.51. The standard InChI is InChI=1S/C18H25NO3/c1-12-7-8-15(13(2)10-12)11-16(20)19-18(17(21)22)9-5-4-6-14(18)3/h7-8,10,14H,4-6,9,11H2,1-3H3,(H,19,20)(H,21,22). The molecule has 1 aliphatic carbocycles. The molecule has 1 saturated carbocycles. The highest BCUT2D eigenvalue weighted by Crippen LogP contribution is 2.34. The summed E-state index contributed by atoms with van der Waals surface area (Å²) in [6.45, 7) is 5.91. The monoisotopic (exact) mass is 303 g/mol. The number of carbonyl (C=O) groups is 2. The molecule has 1 aromatic carbocycles. The Morgan fingerprint density at radius 3 is 2.64 bits per heavy atom. The number of hydrogen-bond donors (Lipinski definition) is 2. The van der Waals surface area contributed by atoms with E-state index in [1.807, 2.05) is 39.0 Å². The molecule has 0 aliphatic heterocycles. The molecule has 2 atom stereocenters. The van der Waals surface area contributed by atoms with E-state index in [9.17, 15) is 14.7 Å². The maximum Gasteiger partial charge on any atom is 0.329 e. The molecule has 1 aliphatic rings. The van der Waals surface area contributed by atoms with Crippen LogP contribution < -0.4 is 5.32 Å². The maximum atomic E-state index is 12.4. The first-order chi connectivity index (χ1) is 10.3. The van der Waals surface area contributed by atoms with Gasteiger partial charge < -0.3 is 10.4 Å². The summed E-state index contributed by atoms with van der Waals surface area (Å²) in [4.78, 5) is 24.2. The molecule has 1 amide bonds. The number of amides is 1. The van der Waals surface area contributed by atoms with Gasteiger partial charge in [-0.3, -0.25) is 4.79 Å². The first-order valence-electron chi connectivity index (χ1n) is 7.95. The number of carboxylic acids is 1. The third-order valence-electron chi connectivity index (χ3n) is 4.89. The third-order valence-corrected chi connectivity index (χ3v) is 4.89. The molecule has 0 radical (unpaired) electrons. The molecule has 0 saturated heterocycles. The van der Waals surface area contributed by atoms with Gasteiger partial charge in [0.1, 0.15) is 5.54 Å². The van der Waals surface area contributed by atoms with Gasteiger partial charge in [-0.05, 0) is 43.7 Å². The minimum Gasteiger partial charge on any atom is -0.479 e. The lowest BCUT2D eigenvalue weighted by Crippen LogP contribution is -2.60. The van der Waals surface area contributed by atoms with Gasteiger partial charge in [0, 0.05) is 0 Å². The van der Waals surface area contributed by atoms with Gasteiger partial charge in [0.2, 0.25) is 5.91 Å². The first-order valence-corrected chi connectivity index (χ1v) is 7.95. The van der Waals surface area contributed by atoms with Crippen LogP contribution >= 0.6 is 0 Å². The Kier molecular flexibility index (Phi) is 4.89. The molecule has 0 aromatic heterocycles. The van der Waals surface area contributed by atoms with E-state index in [2.05, 4.69) is 5.32 Å². The zero-order chi connectivity index (χ0) is 16.3. The Morgan fingerprint density at radius 1 is 1.32 bits per heavy atom. The van der Waals surface area contributed by atoms with E-state index in [0.29, 0.717) is 6.42 Å². The molecule has 0 spiro atoms. The largest absolute Gasteiger partial charge is 0.479 e. The fourth-order valence-electron chi connectivity index (χ4n) is 3.41. The summed E-state index contributed by atoms with van der Waals surface area (Å²) < 4.78 is 0. The molecule has 1 fully saturated rings. The summed E-state index contributed by atoms with van der Waals surface area (Å²) in [5.74, 6) is -1.15. The van der Waals surface area contributed by atoms with E-state index in [-0.39, 0.29) is 18.2 Å². The number of benzene rings is 1. The van der Waals surface area contributed by atoms with Crippen LogP contribution in [0, 0.1) is 19.8 Å². The number of rotatable bonds is 4. The highest BCUT2D eigenvalue weighted by atomic mass is 16.4. The fraction of sp³-hybridized carbons (Fsp3) is 0.556. The molecule has 120 valence electrons. The summed E-state index contributed by atoms with van der Waals surface area (Å²) in [6.07, 6.45) is 3.47. The summed E-state index contributed by atoms with van der Waals surface area (Å²) in [5, 5.41) is 12.5. The Bertz CT molecular complexity index is 582. The summed E-state index contributed by atoms with van der Waals surface area (Å²) in [5.41, 5.74) is 2.07. The van der Waals surface area contributed by atoms with Crippen LogP contribution in [-0.2, 0) is 16.0 Å². The van der Waals surface area contributed by atoms with Crippen molar-refractivity contribution < 1.29 is 14.7 Å². The van der Waals surface area contributed by atoms with Crippen molar-refractivity contribution >= 4 is 11.9 Å². The second-order valence-corrected chi connectivity index (χ2v) is 6.58. The smallest absolute Gasteiger partial charge is 0.329 e. The van der Waals surface area contributed by atoms with Crippen LogP contribution in [0.2, 0.25) is 0 Å². The van der Waals surface area contributed by atoms with Crippen molar-refractivity contribution in [1.29, 1.82) is 0 Å². The summed E-state index contributed by atoms with van der Waals surface area (Å²) in [6, 6.07) is 5.96. The number of aliphatic carboxylic acids is 1. The molecule has 4 heteroatoms. The van der Waals surface area contributed by atoms with Crippen LogP contribution in [0.4, 0.5) is 0 Å². The minimum absolute atomic E-state index is 0.0400. The van der Waals surface area contributed by atoms with E-state index < -0.39 is 11.5 Å². The molecule has 2 rings (SSSR count). The van der Waals surface area contributed by atoms with Gasteiger partial charge in [-0.2, -0.15) is 0 Å². The maximum absolute atomic E-state index is 12.4. The van der Waals surface area contributed by atoms with Crippen molar-refractivity contribution in [3.63, 3.8) is 0 Å². The van der Waals surface area contributed by atoms with Gasteiger partial charge >= 0.3 is 5.97 Å². The molecular weight excluding hydrogens is 278 g/mol. The van der Waals surface area contributed by atoms with Gasteiger partial charge in [0.15, 0.2) is 0 Å². The van der Waals surface area contributed by atoms with Crippen LogP contribution in [-0.4, -0.2) is 22.5 Å². The lowest BCUT2D eigenvalue weighted by atomic mass is 9.73. The van der Waals surface area contributed by atoms with Crippen LogP contribution in [0.3, 0.4) is 0 Å². The number of nitrogens with one attached hydrogen (secondary N) is 1. The molecule has 2 unspecified atom stereocenters. The number of aryl methyl sites for hydroxylation is 2. The van der Waals surface area contributed by atoms with Crippen molar-refractivity contribution in [2.45, 2.75) is 58.4 Å². The molecule has 4 nitrogen and oxygen atoms in total. The molecule has 2 N–H and O–H groups in total. The second-order valence-electron chi connectivity index (χ2n) is 6.58. The van der Waals surface area contributed by atoms with Crippen molar-refractivity contribution in [2.24, 2.45) is 5.92 Å². The van der Waals surface area contributed by atoms with Gasteiger partial charge in [0.05, 0.1) is 6.42 Å². The lowest BCUT2D eigenvalue weighted by molar-refractivity contribution is -0.151. The van der Waals surface area contributed by atoms with Crippen molar-refractivity contribution in [2.75, 3.05) is 0 Å².